The third-order valence-corrected chi connectivity index (χ3v) is 6.54. The van der Waals surface area contributed by atoms with Crippen LogP contribution >= 0.6 is 0 Å². The van der Waals surface area contributed by atoms with E-state index in [1.54, 1.807) is 4.68 Å². The molecule has 1 unspecified atom stereocenters. The van der Waals surface area contributed by atoms with Crippen molar-refractivity contribution in [3.05, 3.63) is 41.8 Å². The topological polar surface area (TPSA) is 137 Å². The number of halogens is 1. The van der Waals surface area contributed by atoms with Crippen LogP contribution in [0.5, 0.6) is 0 Å². The Morgan fingerprint density at radius 3 is 2.62 bits per heavy atom. The molecule has 0 spiro atoms. The second-order valence-electron chi connectivity index (χ2n) is 8.94. The van der Waals surface area contributed by atoms with E-state index >= 15 is 0 Å². The van der Waals surface area contributed by atoms with E-state index in [9.17, 15) is 24.3 Å². The second-order valence-corrected chi connectivity index (χ2v) is 8.94. The smallest absolute Gasteiger partial charge is 0.407 e. The maximum atomic E-state index is 13.2. The van der Waals surface area contributed by atoms with Gasteiger partial charge in [-0.1, -0.05) is 6.92 Å². The van der Waals surface area contributed by atoms with Gasteiger partial charge in [-0.15, -0.1) is 0 Å². The molecule has 4 rings (SSSR count). The molecule has 2 fully saturated rings. The van der Waals surface area contributed by atoms with Gasteiger partial charge in [0.05, 0.1) is 24.1 Å². The van der Waals surface area contributed by atoms with Gasteiger partial charge in [0.25, 0.3) is 5.91 Å². The summed E-state index contributed by atoms with van der Waals surface area (Å²) in [6, 6.07) is 7.01. The van der Waals surface area contributed by atoms with Crippen molar-refractivity contribution in [3.63, 3.8) is 0 Å². The summed E-state index contributed by atoms with van der Waals surface area (Å²) < 4.78 is 14.8. The van der Waals surface area contributed by atoms with E-state index in [-0.39, 0.29) is 23.3 Å². The number of amides is 2. The van der Waals surface area contributed by atoms with Crippen LogP contribution in [0.1, 0.15) is 49.0 Å². The number of carbonyl (C=O) groups excluding carboxylic acids is 1. The van der Waals surface area contributed by atoms with Gasteiger partial charge in [0, 0.05) is 18.4 Å². The fourth-order valence-electron chi connectivity index (χ4n) is 4.44. The van der Waals surface area contributed by atoms with Crippen molar-refractivity contribution in [2.75, 3.05) is 11.9 Å². The van der Waals surface area contributed by atoms with Gasteiger partial charge in [-0.25, -0.2) is 9.18 Å². The number of nitriles is 1. The molecule has 2 amide bonds. The lowest BCUT2D eigenvalue weighted by atomic mass is 9.80. The summed E-state index contributed by atoms with van der Waals surface area (Å²) in [7, 11) is 0. The molecule has 1 saturated carbocycles. The SMILES string of the molecule is CC1(CC2[C@@H](C#N)[C@H](n3cc(C(N)=O)c(Nc4ccc(F)cc4)n3)CCN2C(=O)O)CC1. The van der Waals surface area contributed by atoms with Gasteiger partial charge in [0.15, 0.2) is 5.82 Å². The number of carbonyl (C=O) groups is 2. The first kappa shape index (κ1) is 21.6. The number of carboxylic acid groups (broad SMARTS) is 1. The minimum Gasteiger partial charge on any atom is -0.465 e. The van der Waals surface area contributed by atoms with E-state index in [4.69, 9.17) is 5.73 Å². The zero-order chi connectivity index (χ0) is 23.0. The highest BCUT2D eigenvalue weighted by atomic mass is 19.1. The predicted molar refractivity (Wildman–Crippen MR) is 114 cm³/mol. The Labute approximate surface area is 184 Å². The second kappa shape index (κ2) is 8.15. The van der Waals surface area contributed by atoms with Gasteiger partial charge < -0.3 is 21.1 Å². The van der Waals surface area contributed by atoms with Crippen LogP contribution < -0.4 is 11.1 Å². The fraction of sp³-hybridized carbons (Fsp3) is 0.455. The van der Waals surface area contributed by atoms with Gasteiger partial charge in [-0.3, -0.25) is 9.48 Å². The van der Waals surface area contributed by atoms with Gasteiger partial charge in [-0.05, 0) is 55.4 Å². The van der Waals surface area contributed by atoms with E-state index in [1.807, 2.05) is 0 Å². The van der Waals surface area contributed by atoms with Crippen molar-refractivity contribution < 1.29 is 19.1 Å². The van der Waals surface area contributed by atoms with Crippen molar-refractivity contribution in [3.8, 4) is 6.07 Å². The van der Waals surface area contributed by atoms with Crippen LogP contribution in [0, 0.1) is 28.5 Å². The number of anilines is 2. The van der Waals surface area contributed by atoms with Crippen molar-refractivity contribution in [2.45, 2.75) is 44.7 Å². The fourth-order valence-corrected chi connectivity index (χ4v) is 4.44. The molecule has 2 heterocycles. The lowest BCUT2D eigenvalue weighted by Gasteiger charge is -2.42. The first-order valence-corrected chi connectivity index (χ1v) is 10.5. The largest absolute Gasteiger partial charge is 0.465 e. The van der Waals surface area contributed by atoms with E-state index < -0.39 is 35.8 Å². The number of benzene rings is 1. The minimum absolute atomic E-state index is 0.0488. The van der Waals surface area contributed by atoms with Crippen LogP contribution in [-0.4, -0.2) is 44.4 Å². The van der Waals surface area contributed by atoms with Gasteiger partial charge >= 0.3 is 6.09 Å². The molecule has 1 aliphatic carbocycles. The molecule has 0 radical (unpaired) electrons. The highest BCUT2D eigenvalue weighted by molar-refractivity contribution is 5.98. The first-order chi connectivity index (χ1) is 15.2. The van der Waals surface area contributed by atoms with Crippen molar-refractivity contribution in [1.82, 2.24) is 14.7 Å². The summed E-state index contributed by atoms with van der Waals surface area (Å²) in [6.07, 6.45) is 3.48. The highest BCUT2D eigenvalue weighted by Crippen LogP contribution is 2.52. The Kier molecular flexibility index (Phi) is 5.50. The molecule has 1 aromatic heterocycles. The summed E-state index contributed by atoms with van der Waals surface area (Å²) in [5, 5.41) is 27.2. The minimum atomic E-state index is -1.03. The van der Waals surface area contributed by atoms with Crippen LogP contribution in [0.25, 0.3) is 0 Å². The first-order valence-electron chi connectivity index (χ1n) is 10.5. The molecule has 2 aromatic rings. The third kappa shape index (κ3) is 4.23. The van der Waals surface area contributed by atoms with Crippen molar-refractivity contribution >= 4 is 23.5 Å². The number of nitrogens with one attached hydrogen (secondary N) is 1. The van der Waals surface area contributed by atoms with E-state index in [0.717, 1.165) is 12.8 Å². The molecule has 0 bridgehead atoms. The van der Waals surface area contributed by atoms with Crippen LogP contribution in [0.15, 0.2) is 30.5 Å². The number of likely N-dealkylation sites (tertiary alicyclic amines) is 1. The Morgan fingerprint density at radius 1 is 1.38 bits per heavy atom. The quantitative estimate of drug-likeness (QED) is 0.629. The molecular weight excluding hydrogens is 415 g/mol. The number of hydrogen-bond acceptors (Lipinski definition) is 5. The molecule has 32 heavy (non-hydrogen) atoms. The Hall–Kier alpha value is -3.61. The summed E-state index contributed by atoms with van der Waals surface area (Å²) >= 11 is 0. The number of primary amides is 1. The van der Waals surface area contributed by atoms with Gasteiger partial charge in [0.2, 0.25) is 0 Å². The summed E-state index contributed by atoms with van der Waals surface area (Å²) in [5.74, 6) is -1.52. The van der Waals surface area contributed by atoms with Gasteiger partial charge in [0.1, 0.15) is 11.4 Å². The molecule has 168 valence electrons. The summed E-state index contributed by atoms with van der Waals surface area (Å²) in [6.45, 7) is 2.38. The molecule has 3 atom stereocenters. The van der Waals surface area contributed by atoms with Crippen LogP contribution in [0.2, 0.25) is 0 Å². The van der Waals surface area contributed by atoms with Crippen LogP contribution in [0.3, 0.4) is 0 Å². The lowest BCUT2D eigenvalue weighted by molar-refractivity contribution is 0.0547. The average molecular weight is 440 g/mol. The maximum absolute atomic E-state index is 13.2. The predicted octanol–water partition coefficient (Wildman–Crippen LogP) is 3.49. The Morgan fingerprint density at radius 2 is 2.06 bits per heavy atom. The number of rotatable bonds is 6. The normalized spacial score (nSPS) is 23.9. The maximum Gasteiger partial charge on any atom is 0.407 e. The molecule has 10 heteroatoms. The lowest BCUT2D eigenvalue weighted by Crippen LogP contribution is -2.52. The number of nitrogens with zero attached hydrogens (tertiary/aromatic N) is 4. The number of hydrogen-bond donors (Lipinski definition) is 3. The van der Waals surface area contributed by atoms with Crippen molar-refractivity contribution in [2.24, 2.45) is 17.1 Å². The molecule has 4 N–H and O–H groups in total. The van der Waals surface area contributed by atoms with E-state index in [0.29, 0.717) is 18.5 Å². The molecule has 1 aliphatic heterocycles. The average Bonchev–Trinajstić information content (AvgIpc) is 3.32. The highest BCUT2D eigenvalue weighted by Gasteiger charge is 2.48. The zero-order valence-corrected chi connectivity index (χ0v) is 17.7. The number of aromatic nitrogens is 2. The summed E-state index contributed by atoms with van der Waals surface area (Å²) in [4.78, 5) is 25.2. The molecule has 2 aliphatic rings. The van der Waals surface area contributed by atoms with Gasteiger partial charge in [-0.2, -0.15) is 10.4 Å². The number of nitrogens with two attached hydrogens (primary N) is 1. The van der Waals surface area contributed by atoms with Crippen molar-refractivity contribution in [1.29, 1.82) is 5.26 Å². The molecule has 1 aromatic carbocycles. The molecule has 9 nitrogen and oxygen atoms in total. The number of piperidine rings is 1. The monoisotopic (exact) mass is 440 g/mol. The molecule has 1 saturated heterocycles. The third-order valence-electron chi connectivity index (χ3n) is 6.54. The Bertz CT molecular complexity index is 1070. The summed E-state index contributed by atoms with van der Waals surface area (Å²) in [5.41, 5.74) is 6.25. The Balaban J connectivity index is 1.65. The van der Waals surface area contributed by atoms with Crippen LogP contribution in [-0.2, 0) is 0 Å². The zero-order valence-electron chi connectivity index (χ0n) is 17.7. The van der Waals surface area contributed by atoms with Crippen LogP contribution in [0.4, 0.5) is 20.7 Å². The van der Waals surface area contributed by atoms with E-state index in [2.05, 4.69) is 23.4 Å². The van der Waals surface area contributed by atoms with E-state index in [1.165, 1.54) is 35.4 Å². The molecular formula is C22H25FN6O3. The standard InChI is InChI=1S/C22H25FN6O3/c1-22(7-8-22)10-18-15(11-24)17(6-9-28(18)21(31)32)29-12-16(19(25)30)20(27-29)26-14-4-2-13(23)3-5-14/h2-5,12,15,17-18H,6-10H2,1H3,(H2,25,30)(H,26,27)(H,31,32)/t15-,17+,18?/m0/s1.